The molecular weight excluding hydrogens is 203 g/mol. The van der Waals surface area contributed by atoms with Crippen LogP contribution in [-0.2, 0) is 16.6 Å². The average molecular weight is 216 g/mol. The quantitative estimate of drug-likeness (QED) is 0.725. The van der Waals surface area contributed by atoms with Crippen LogP contribution < -0.4 is 0 Å². The Morgan fingerprint density at radius 1 is 1.29 bits per heavy atom. The fraction of sp³-hybridized carbons (Fsp3) is 0.400. The number of benzene rings is 1. The van der Waals surface area contributed by atoms with E-state index in [4.69, 9.17) is 0 Å². The maximum Gasteiger partial charge on any atom is 0.302 e. The highest BCUT2D eigenvalue weighted by atomic mass is 32.3. The molecule has 0 saturated heterocycles. The third-order valence-corrected chi connectivity index (χ3v) is 2.81. The molecule has 0 aliphatic carbocycles. The first-order chi connectivity index (χ1) is 6.38. The van der Waals surface area contributed by atoms with Crippen LogP contribution in [0.25, 0.3) is 0 Å². The summed E-state index contributed by atoms with van der Waals surface area (Å²) in [6, 6.07) is 5.75. The molecule has 0 aliphatic heterocycles. The Morgan fingerprint density at radius 3 is 2.50 bits per heavy atom. The van der Waals surface area contributed by atoms with E-state index in [9.17, 15) is 12.3 Å². The fourth-order valence-electron chi connectivity index (χ4n) is 1.30. The lowest BCUT2D eigenvalue weighted by atomic mass is 10.0. The highest BCUT2D eigenvalue weighted by molar-refractivity contribution is 7.86. The van der Waals surface area contributed by atoms with Crippen molar-refractivity contribution >= 4 is 10.2 Å². The maximum absolute atomic E-state index is 12.3. The van der Waals surface area contributed by atoms with E-state index in [1.165, 1.54) is 0 Å². The lowest BCUT2D eigenvalue weighted by Gasteiger charge is -2.04. The molecule has 0 saturated carbocycles. The Labute approximate surface area is 84.0 Å². The largest absolute Gasteiger partial charge is 0.302 e. The summed E-state index contributed by atoms with van der Waals surface area (Å²) in [6.45, 7) is 3.81. The fourth-order valence-corrected chi connectivity index (χ4v) is 1.77. The molecule has 0 bridgehead atoms. The SMILES string of the molecule is Cc1ccc(C)c(CCS(=O)(=O)F)c1. The summed E-state index contributed by atoms with van der Waals surface area (Å²) < 4.78 is 32.9. The minimum absolute atomic E-state index is 0.242. The van der Waals surface area contributed by atoms with Crippen LogP contribution >= 0.6 is 0 Å². The van der Waals surface area contributed by atoms with Crippen LogP contribution in [0.2, 0.25) is 0 Å². The molecule has 0 aromatic heterocycles. The van der Waals surface area contributed by atoms with E-state index in [-0.39, 0.29) is 6.42 Å². The molecule has 0 heterocycles. The molecule has 1 rings (SSSR count). The van der Waals surface area contributed by atoms with E-state index >= 15 is 0 Å². The van der Waals surface area contributed by atoms with Crippen LogP contribution in [0.4, 0.5) is 3.89 Å². The highest BCUT2D eigenvalue weighted by Crippen LogP contribution is 2.12. The van der Waals surface area contributed by atoms with Crippen molar-refractivity contribution in [3.63, 3.8) is 0 Å². The minimum Gasteiger partial charge on any atom is -0.195 e. The van der Waals surface area contributed by atoms with Gasteiger partial charge in [0.2, 0.25) is 0 Å². The Hall–Kier alpha value is -0.900. The predicted octanol–water partition coefficient (Wildman–Crippen LogP) is 2.15. The zero-order chi connectivity index (χ0) is 10.8. The Balaban J connectivity index is 2.81. The molecule has 2 nitrogen and oxygen atoms in total. The van der Waals surface area contributed by atoms with E-state index in [1.54, 1.807) is 0 Å². The minimum atomic E-state index is -4.35. The van der Waals surface area contributed by atoms with Crippen molar-refractivity contribution in [2.24, 2.45) is 0 Å². The van der Waals surface area contributed by atoms with Crippen molar-refractivity contribution in [3.8, 4) is 0 Å². The Morgan fingerprint density at radius 2 is 1.93 bits per heavy atom. The lowest BCUT2D eigenvalue weighted by molar-refractivity contribution is 0.551. The van der Waals surface area contributed by atoms with E-state index in [2.05, 4.69) is 0 Å². The van der Waals surface area contributed by atoms with Gasteiger partial charge < -0.3 is 0 Å². The molecule has 78 valence electrons. The van der Waals surface area contributed by atoms with Gasteiger partial charge in [-0.15, -0.1) is 3.89 Å². The van der Waals surface area contributed by atoms with Crippen LogP contribution in [0.1, 0.15) is 16.7 Å². The van der Waals surface area contributed by atoms with Gasteiger partial charge in [-0.3, -0.25) is 0 Å². The molecule has 0 radical (unpaired) electrons. The molecule has 0 atom stereocenters. The topological polar surface area (TPSA) is 34.1 Å². The van der Waals surface area contributed by atoms with Gasteiger partial charge in [-0.25, -0.2) is 0 Å². The molecule has 0 fully saturated rings. The van der Waals surface area contributed by atoms with Crippen molar-refractivity contribution in [3.05, 3.63) is 34.9 Å². The molecule has 1 aromatic rings. The predicted molar refractivity (Wildman–Crippen MR) is 54.5 cm³/mol. The van der Waals surface area contributed by atoms with E-state index in [1.807, 2.05) is 32.0 Å². The van der Waals surface area contributed by atoms with Gasteiger partial charge in [0, 0.05) is 0 Å². The van der Waals surface area contributed by atoms with Crippen molar-refractivity contribution in [1.29, 1.82) is 0 Å². The second-order valence-electron chi connectivity index (χ2n) is 3.42. The Bertz CT molecular complexity index is 424. The zero-order valence-corrected chi connectivity index (χ0v) is 9.07. The van der Waals surface area contributed by atoms with Crippen LogP contribution in [0.3, 0.4) is 0 Å². The summed E-state index contributed by atoms with van der Waals surface area (Å²) in [4.78, 5) is 0. The second kappa shape index (κ2) is 4.09. The van der Waals surface area contributed by atoms with Crippen LogP contribution in [0.15, 0.2) is 18.2 Å². The monoisotopic (exact) mass is 216 g/mol. The van der Waals surface area contributed by atoms with E-state index in [0.717, 1.165) is 16.7 Å². The molecule has 0 unspecified atom stereocenters. The summed E-state index contributed by atoms with van der Waals surface area (Å²) in [7, 11) is -4.35. The van der Waals surface area contributed by atoms with E-state index in [0.29, 0.717) is 0 Å². The smallest absolute Gasteiger partial charge is 0.195 e. The van der Waals surface area contributed by atoms with Crippen LogP contribution in [0.5, 0.6) is 0 Å². The molecule has 1 aromatic carbocycles. The van der Waals surface area contributed by atoms with Gasteiger partial charge in [0.15, 0.2) is 0 Å². The molecule has 0 aliphatic rings. The highest BCUT2D eigenvalue weighted by Gasteiger charge is 2.08. The van der Waals surface area contributed by atoms with Crippen LogP contribution in [-0.4, -0.2) is 14.2 Å². The summed E-state index contributed by atoms with van der Waals surface area (Å²) in [5.74, 6) is -0.433. The van der Waals surface area contributed by atoms with Gasteiger partial charge in [0.25, 0.3) is 0 Å². The van der Waals surface area contributed by atoms with Gasteiger partial charge >= 0.3 is 10.2 Å². The lowest BCUT2D eigenvalue weighted by Crippen LogP contribution is -2.03. The molecule has 4 heteroatoms. The standard InChI is InChI=1S/C10H13FO2S/c1-8-3-4-9(2)10(7-8)5-6-14(11,12)13/h3-4,7H,5-6H2,1-2H3. The van der Waals surface area contributed by atoms with Crippen molar-refractivity contribution in [2.45, 2.75) is 20.3 Å². The second-order valence-corrected chi connectivity index (χ2v) is 4.91. The van der Waals surface area contributed by atoms with E-state index < -0.39 is 16.0 Å². The summed E-state index contributed by atoms with van der Waals surface area (Å²) in [5.41, 5.74) is 2.95. The zero-order valence-electron chi connectivity index (χ0n) is 8.25. The Kier molecular flexibility index (Phi) is 3.26. The summed E-state index contributed by atoms with van der Waals surface area (Å²) >= 11 is 0. The normalized spacial score (nSPS) is 11.6. The summed E-state index contributed by atoms with van der Waals surface area (Å²) in [5, 5.41) is 0. The van der Waals surface area contributed by atoms with Crippen molar-refractivity contribution in [2.75, 3.05) is 5.75 Å². The molecule has 0 spiro atoms. The number of aryl methyl sites for hydroxylation is 3. The third-order valence-electron chi connectivity index (χ3n) is 2.12. The van der Waals surface area contributed by atoms with Crippen molar-refractivity contribution < 1.29 is 12.3 Å². The van der Waals surface area contributed by atoms with Gasteiger partial charge in [0.1, 0.15) is 0 Å². The van der Waals surface area contributed by atoms with Crippen molar-refractivity contribution in [1.82, 2.24) is 0 Å². The number of hydrogen-bond donors (Lipinski definition) is 0. The van der Waals surface area contributed by atoms with Crippen LogP contribution in [0, 0.1) is 13.8 Å². The first-order valence-corrected chi connectivity index (χ1v) is 5.92. The molecular formula is C10H13FO2S. The van der Waals surface area contributed by atoms with Gasteiger partial charge in [0.05, 0.1) is 5.75 Å². The molecule has 0 N–H and O–H groups in total. The van der Waals surface area contributed by atoms with Gasteiger partial charge in [-0.2, -0.15) is 8.42 Å². The first-order valence-electron chi connectivity index (χ1n) is 4.37. The maximum atomic E-state index is 12.3. The summed E-state index contributed by atoms with van der Waals surface area (Å²) in [6.07, 6.45) is 0.242. The average Bonchev–Trinajstić information content (AvgIpc) is 2.05. The van der Waals surface area contributed by atoms with Gasteiger partial charge in [-0.05, 0) is 31.4 Å². The van der Waals surface area contributed by atoms with Gasteiger partial charge in [-0.1, -0.05) is 23.8 Å². The first kappa shape index (κ1) is 11.2. The number of halogens is 1. The molecule has 14 heavy (non-hydrogen) atoms. The number of hydrogen-bond acceptors (Lipinski definition) is 2. The molecule has 0 amide bonds. The third kappa shape index (κ3) is 3.46. The number of rotatable bonds is 3.